The maximum absolute atomic E-state index is 12.9. The molecule has 1 aliphatic carbocycles. The smallest absolute Gasteiger partial charge is 0.269 e. The van der Waals surface area contributed by atoms with E-state index in [0.717, 1.165) is 18.4 Å². The zero-order valence-corrected chi connectivity index (χ0v) is 16.3. The molecule has 8 heteroatoms. The van der Waals surface area contributed by atoms with Gasteiger partial charge in [0.1, 0.15) is 5.78 Å². The molecule has 0 aliphatic heterocycles. The van der Waals surface area contributed by atoms with Crippen LogP contribution in [0.4, 0.5) is 5.69 Å². The number of nitrogens with one attached hydrogen (secondary N) is 1. The van der Waals surface area contributed by atoms with Crippen LogP contribution < -0.4 is 4.72 Å². The highest BCUT2D eigenvalue weighted by atomic mass is 32.2. The molecular formula is C20H22N2O5S. The van der Waals surface area contributed by atoms with Crippen LogP contribution in [0.3, 0.4) is 0 Å². The van der Waals surface area contributed by atoms with E-state index in [1.54, 1.807) is 12.1 Å². The Hall–Kier alpha value is -2.58. The van der Waals surface area contributed by atoms with E-state index in [2.05, 4.69) is 4.72 Å². The van der Waals surface area contributed by atoms with Gasteiger partial charge in [0.15, 0.2) is 0 Å². The Morgan fingerprint density at radius 3 is 2.29 bits per heavy atom. The van der Waals surface area contributed by atoms with Gasteiger partial charge in [-0.3, -0.25) is 14.9 Å². The highest BCUT2D eigenvalue weighted by Crippen LogP contribution is 2.34. The zero-order chi connectivity index (χ0) is 20.3. The third kappa shape index (κ3) is 4.45. The summed E-state index contributed by atoms with van der Waals surface area (Å²) in [6.45, 7) is 1.87. The van der Waals surface area contributed by atoms with Crippen LogP contribution in [-0.2, 0) is 14.8 Å². The molecule has 0 amide bonds. The average Bonchev–Trinajstić information content (AvgIpc) is 2.67. The van der Waals surface area contributed by atoms with Crippen LogP contribution in [0.1, 0.15) is 42.9 Å². The number of non-ortho nitro benzene ring substituents is 1. The molecule has 148 valence electrons. The monoisotopic (exact) mass is 402 g/mol. The lowest BCUT2D eigenvalue weighted by molar-refractivity contribution is -0.384. The van der Waals surface area contributed by atoms with E-state index in [1.807, 2.05) is 6.92 Å². The lowest BCUT2D eigenvalue weighted by atomic mass is 9.80. The van der Waals surface area contributed by atoms with Crippen molar-refractivity contribution in [3.8, 4) is 0 Å². The molecule has 0 bridgehead atoms. The van der Waals surface area contributed by atoms with Crippen LogP contribution in [0.5, 0.6) is 0 Å². The maximum Gasteiger partial charge on any atom is 0.269 e. The van der Waals surface area contributed by atoms with Crippen LogP contribution in [0.2, 0.25) is 0 Å². The normalized spacial score (nSPS) is 18.6. The summed E-state index contributed by atoms with van der Waals surface area (Å²) in [6.07, 6.45) is 2.64. The number of rotatable bonds is 6. The number of Topliss-reactive ketones (excluding diaryl/α,β-unsaturated/α-hetero) is 1. The number of hydrogen-bond donors (Lipinski definition) is 1. The third-order valence-corrected chi connectivity index (χ3v) is 6.54. The third-order valence-electron chi connectivity index (χ3n) is 5.08. The lowest BCUT2D eigenvalue weighted by Crippen LogP contribution is -2.38. The molecule has 7 nitrogen and oxygen atoms in total. The zero-order valence-electron chi connectivity index (χ0n) is 15.5. The molecule has 2 aromatic rings. The molecule has 0 radical (unpaired) electrons. The maximum atomic E-state index is 12.9. The van der Waals surface area contributed by atoms with Crippen LogP contribution in [0.15, 0.2) is 53.4 Å². The van der Waals surface area contributed by atoms with Gasteiger partial charge in [-0.2, -0.15) is 0 Å². The van der Waals surface area contributed by atoms with Crippen LogP contribution >= 0.6 is 0 Å². The number of hydrogen-bond acceptors (Lipinski definition) is 5. The van der Waals surface area contributed by atoms with Gasteiger partial charge in [-0.05, 0) is 37.5 Å². The first-order valence-corrected chi connectivity index (χ1v) is 10.6. The molecule has 1 saturated carbocycles. The van der Waals surface area contributed by atoms with Crippen molar-refractivity contribution in [3.05, 3.63) is 69.8 Å². The van der Waals surface area contributed by atoms with E-state index in [0.29, 0.717) is 18.4 Å². The lowest BCUT2D eigenvalue weighted by Gasteiger charge is -2.30. The number of benzene rings is 2. The van der Waals surface area contributed by atoms with E-state index in [1.165, 1.54) is 36.4 Å². The second kappa shape index (κ2) is 8.20. The molecule has 0 saturated heterocycles. The summed E-state index contributed by atoms with van der Waals surface area (Å²) in [7, 11) is -3.86. The molecule has 2 aromatic carbocycles. The molecular weight excluding hydrogens is 380 g/mol. The largest absolute Gasteiger partial charge is 0.299 e. The van der Waals surface area contributed by atoms with Crippen molar-refractivity contribution in [3.63, 3.8) is 0 Å². The first-order valence-electron chi connectivity index (χ1n) is 9.14. The second-order valence-electron chi connectivity index (χ2n) is 7.08. The number of carbonyl (C=O) groups excluding carboxylic acids is 1. The standard InChI is InChI=1S/C20H22N2O5S/c1-14-6-12-17(13-7-14)28(26,27)21-20(18-4-2-3-5-19(18)23)15-8-10-16(11-9-15)22(24)25/h6-13,18,20-21H,2-5H2,1H3/t18-,20+/m0/s1. The summed E-state index contributed by atoms with van der Waals surface area (Å²) in [5, 5.41) is 10.9. The quantitative estimate of drug-likeness (QED) is 0.586. The van der Waals surface area contributed by atoms with E-state index in [4.69, 9.17) is 0 Å². The minimum atomic E-state index is -3.86. The summed E-state index contributed by atoms with van der Waals surface area (Å²) in [4.78, 5) is 23.0. The van der Waals surface area contributed by atoms with Gasteiger partial charge in [0, 0.05) is 24.5 Å². The molecule has 0 aromatic heterocycles. The SMILES string of the molecule is Cc1ccc(S(=O)(=O)N[C@H](c2ccc([N+](=O)[O-])cc2)[C@H]2CCCCC2=O)cc1. The van der Waals surface area contributed by atoms with Gasteiger partial charge in [-0.15, -0.1) is 0 Å². The number of nitro groups is 1. The van der Waals surface area contributed by atoms with Gasteiger partial charge < -0.3 is 0 Å². The topological polar surface area (TPSA) is 106 Å². The minimum absolute atomic E-state index is 0.0150. The van der Waals surface area contributed by atoms with Crippen molar-refractivity contribution in [2.24, 2.45) is 5.92 Å². The molecule has 28 heavy (non-hydrogen) atoms. The Labute approximate surface area is 164 Å². The van der Waals surface area contributed by atoms with E-state index in [9.17, 15) is 23.3 Å². The Kier molecular flexibility index (Phi) is 5.90. The first-order chi connectivity index (χ1) is 13.3. The van der Waals surface area contributed by atoms with Crippen LogP contribution in [0.25, 0.3) is 0 Å². The Morgan fingerprint density at radius 1 is 1.07 bits per heavy atom. The van der Waals surface area contributed by atoms with Crippen molar-refractivity contribution < 1.29 is 18.1 Å². The van der Waals surface area contributed by atoms with Crippen molar-refractivity contribution in [1.29, 1.82) is 0 Å². The summed E-state index contributed by atoms with van der Waals surface area (Å²) < 4.78 is 28.5. The van der Waals surface area contributed by atoms with E-state index in [-0.39, 0.29) is 16.4 Å². The fraction of sp³-hybridized carbons (Fsp3) is 0.350. The summed E-state index contributed by atoms with van der Waals surface area (Å²) >= 11 is 0. The number of nitrogens with zero attached hydrogens (tertiary/aromatic N) is 1. The number of carbonyl (C=O) groups is 1. The van der Waals surface area contributed by atoms with E-state index >= 15 is 0 Å². The summed E-state index contributed by atoms with van der Waals surface area (Å²) in [6, 6.07) is 11.4. The predicted octanol–water partition coefficient (Wildman–Crippen LogP) is 3.68. The van der Waals surface area contributed by atoms with Gasteiger partial charge in [-0.25, -0.2) is 13.1 Å². The number of nitro benzene ring substituents is 1. The average molecular weight is 402 g/mol. The Balaban J connectivity index is 1.97. The fourth-order valence-corrected chi connectivity index (χ4v) is 4.77. The van der Waals surface area contributed by atoms with Crippen molar-refractivity contribution in [2.45, 2.75) is 43.5 Å². The molecule has 0 heterocycles. The van der Waals surface area contributed by atoms with Crippen molar-refractivity contribution in [1.82, 2.24) is 4.72 Å². The van der Waals surface area contributed by atoms with Gasteiger partial charge >= 0.3 is 0 Å². The van der Waals surface area contributed by atoms with Gasteiger partial charge in [0.25, 0.3) is 5.69 Å². The molecule has 1 N–H and O–H groups in total. The predicted molar refractivity (Wildman–Crippen MR) is 104 cm³/mol. The molecule has 3 rings (SSSR count). The van der Waals surface area contributed by atoms with Crippen molar-refractivity contribution >= 4 is 21.5 Å². The molecule has 1 aliphatic rings. The second-order valence-corrected chi connectivity index (χ2v) is 8.79. The highest BCUT2D eigenvalue weighted by molar-refractivity contribution is 7.89. The molecule has 1 fully saturated rings. The van der Waals surface area contributed by atoms with E-state index < -0.39 is 26.9 Å². The van der Waals surface area contributed by atoms with Crippen LogP contribution in [-0.4, -0.2) is 19.1 Å². The van der Waals surface area contributed by atoms with Crippen molar-refractivity contribution in [2.75, 3.05) is 0 Å². The number of sulfonamides is 1. The number of ketones is 1. The Bertz CT molecular complexity index is 969. The molecule has 0 spiro atoms. The fourth-order valence-electron chi connectivity index (χ4n) is 3.50. The Morgan fingerprint density at radius 2 is 1.71 bits per heavy atom. The minimum Gasteiger partial charge on any atom is -0.299 e. The van der Waals surface area contributed by atoms with Gasteiger partial charge in [0.05, 0.1) is 15.9 Å². The summed E-state index contributed by atoms with van der Waals surface area (Å²) in [5.41, 5.74) is 1.40. The summed E-state index contributed by atoms with van der Waals surface area (Å²) in [5.74, 6) is -0.475. The van der Waals surface area contributed by atoms with Gasteiger partial charge in [0.2, 0.25) is 10.0 Å². The van der Waals surface area contributed by atoms with Gasteiger partial charge in [-0.1, -0.05) is 36.2 Å². The number of aryl methyl sites for hydroxylation is 1. The highest BCUT2D eigenvalue weighted by Gasteiger charge is 2.34. The van der Waals surface area contributed by atoms with Crippen LogP contribution in [0, 0.1) is 23.0 Å². The molecule has 0 unspecified atom stereocenters. The first kappa shape index (κ1) is 20.2. The molecule has 2 atom stereocenters.